The highest BCUT2D eigenvalue weighted by Crippen LogP contribution is 2.24. The number of aryl methyl sites for hydroxylation is 1. The van der Waals surface area contributed by atoms with Gasteiger partial charge >= 0.3 is 5.97 Å². The summed E-state index contributed by atoms with van der Waals surface area (Å²) in [6, 6.07) is 7.86. The second kappa shape index (κ2) is 5.89. The average Bonchev–Trinajstić information content (AvgIpc) is 2.27. The molecule has 3 nitrogen and oxygen atoms in total. The maximum atomic E-state index is 11.0. The topological polar surface area (TPSA) is 46.5 Å². The van der Waals surface area contributed by atoms with Gasteiger partial charge in [-0.05, 0) is 58.2 Å². The maximum absolute atomic E-state index is 11.0. The second-order valence-corrected chi connectivity index (χ2v) is 5.50. The Kier molecular flexibility index (Phi) is 4.76. The first kappa shape index (κ1) is 14.6. The Hall–Kier alpha value is -1.51. The predicted molar refractivity (Wildman–Crippen MR) is 71.9 cm³/mol. The Morgan fingerprint density at radius 1 is 1.28 bits per heavy atom. The van der Waals surface area contributed by atoms with E-state index in [1.54, 1.807) is 13.8 Å². The van der Waals surface area contributed by atoms with Gasteiger partial charge in [-0.1, -0.05) is 12.1 Å². The molecule has 1 aromatic carbocycles. The lowest BCUT2D eigenvalue weighted by Gasteiger charge is -2.18. The molecule has 0 aliphatic carbocycles. The summed E-state index contributed by atoms with van der Waals surface area (Å²) in [6.07, 6.45) is 1.57. The van der Waals surface area contributed by atoms with Gasteiger partial charge in [-0.15, -0.1) is 0 Å². The first-order valence-corrected chi connectivity index (χ1v) is 6.30. The van der Waals surface area contributed by atoms with Gasteiger partial charge in [-0.25, -0.2) is 0 Å². The van der Waals surface area contributed by atoms with Crippen LogP contribution >= 0.6 is 0 Å². The summed E-state index contributed by atoms with van der Waals surface area (Å²) in [5, 5.41) is 9.04. The van der Waals surface area contributed by atoms with Crippen LogP contribution in [0.1, 0.15) is 39.7 Å². The van der Waals surface area contributed by atoms with E-state index in [4.69, 9.17) is 9.84 Å². The molecule has 100 valence electrons. The first-order chi connectivity index (χ1) is 8.31. The van der Waals surface area contributed by atoms with Crippen molar-refractivity contribution in [3.8, 4) is 5.75 Å². The Morgan fingerprint density at radius 3 is 2.28 bits per heavy atom. The SMILES string of the molecule is CC(C)Oc1ccc(CCC(C)(C)C(=O)O)cc1. The van der Waals surface area contributed by atoms with E-state index >= 15 is 0 Å². The third-order valence-corrected chi connectivity index (χ3v) is 2.91. The summed E-state index contributed by atoms with van der Waals surface area (Å²) < 4.78 is 5.56. The largest absolute Gasteiger partial charge is 0.491 e. The van der Waals surface area contributed by atoms with E-state index in [2.05, 4.69) is 0 Å². The van der Waals surface area contributed by atoms with Crippen molar-refractivity contribution in [1.29, 1.82) is 0 Å². The molecule has 0 aliphatic heterocycles. The Labute approximate surface area is 109 Å². The highest BCUT2D eigenvalue weighted by Gasteiger charge is 2.26. The van der Waals surface area contributed by atoms with Crippen LogP contribution in [0.15, 0.2) is 24.3 Å². The summed E-state index contributed by atoms with van der Waals surface area (Å²) in [4.78, 5) is 11.0. The van der Waals surface area contributed by atoms with Crippen molar-refractivity contribution < 1.29 is 14.6 Å². The molecule has 3 heteroatoms. The molecule has 0 aromatic heterocycles. The van der Waals surface area contributed by atoms with Crippen molar-refractivity contribution in [3.05, 3.63) is 29.8 Å². The molecule has 0 bridgehead atoms. The molecule has 0 fully saturated rings. The summed E-state index contributed by atoms with van der Waals surface area (Å²) in [5.41, 5.74) is 0.466. The lowest BCUT2D eigenvalue weighted by Crippen LogP contribution is -2.24. The van der Waals surface area contributed by atoms with E-state index in [0.29, 0.717) is 6.42 Å². The predicted octanol–water partition coefficient (Wildman–Crippen LogP) is 3.52. The average molecular weight is 250 g/mol. The number of rotatable bonds is 6. The summed E-state index contributed by atoms with van der Waals surface area (Å²) in [6.45, 7) is 7.49. The van der Waals surface area contributed by atoms with E-state index in [-0.39, 0.29) is 6.10 Å². The van der Waals surface area contributed by atoms with Crippen molar-refractivity contribution in [2.24, 2.45) is 5.41 Å². The van der Waals surface area contributed by atoms with Gasteiger partial charge in [-0.2, -0.15) is 0 Å². The Bertz CT molecular complexity index is 391. The van der Waals surface area contributed by atoms with Gasteiger partial charge in [-0.3, -0.25) is 4.79 Å². The molecule has 0 atom stereocenters. The first-order valence-electron chi connectivity index (χ1n) is 6.30. The van der Waals surface area contributed by atoms with Gasteiger partial charge in [0.25, 0.3) is 0 Å². The fourth-order valence-corrected chi connectivity index (χ4v) is 1.57. The Balaban J connectivity index is 2.57. The van der Waals surface area contributed by atoms with Crippen LogP contribution in [0.3, 0.4) is 0 Å². The summed E-state index contributed by atoms with van der Waals surface area (Å²) in [7, 11) is 0. The zero-order valence-electron chi connectivity index (χ0n) is 11.6. The molecular formula is C15H22O3. The highest BCUT2D eigenvalue weighted by atomic mass is 16.5. The quantitative estimate of drug-likeness (QED) is 0.840. The molecule has 1 rings (SSSR count). The zero-order chi connectivity index (χ0) is 13.8. The van der Waals surface area contributed by atoms with Crippen LogP contribution in [0.2, 0.25) is 0 Å². The van der Waals surface area contributed by atoms with Crippen LogP contribution in [0, 0.1) is 5.41 Å². The van der Waals surface area contributed by atoms with Gasteiger partial charge < -0.3 is 9.84 Å². The minimum Gasteiger partial charge on any atom is -0.491 e. The number of hydrogen-bond acceptors (Lipinski definition) is 2. The third-order valence-electron chi connectivity index (χ3n) is 2.91. The highest BCUT2D eigenvalue weighted by molar-refractivity contribution is 5.73. The van der Waals surface area contributed by atoms with Gasteiger partial charge in [0.05, 0.1) is 11.5 Å². The lowest BCUT2D eigenvalue weighted by molar-refractivity contribution is -0.147. The van der Waals surface area contributed by atoms with Crippen LogP contribution in [-0.2, 0) is 11.2 Å². The van der Waals surface area contributed by atoms with E-state index in [1.165, 1.54) is 0 Å². The number of hydrogen-bond donors (Lipinski definition) is 1. The van der Waals surface area contributed by atoms with Gasteiger partial charge in [0.15, 0.2) is 0 Å². The monoisotopic (exact) mass is 250 g/mol. The number of aliphatic carboxylic acids is 1. The summed E-state index contributed by atoms with van der Waals surface area (Å²) >= 11 is 0. The van der Waals surface area contributed by atoms with Crippen molar-refractivity contribution in [2.45, 2.75) is 46.6 Å². The molecule has 1 N–H and O–H groups in total. The minimum atomic E-state index is -0.748. The molecule has 18 heavy (non-hydrogen) atoms. The molecule has 0 radical (unpaired) electrons. The Morgan fingerprint density at radius 2 is 1.83 bits per heavy atom. The smallest absolute Gasteiger partial charge is 0.309 e. The van der Waals surface area contributed by atoms with Crippen LogP contribution in [0.5, 0.6) is 5.75 Å². The van der Waals surface area contributed by atoms with E-state index in [9.17, 15) is 4.79 Å². The van der Waals surface area contributed by atoms with Crippen molar-refractivity contribution in [3.63, 3.8) is 0 Å². The van der Waals surface area contributed by atoms with Crippen LogP contribution in [0.25, 0.3) is 0 Å². The molecule has 0 heterocycles. The van der Waals surface area contributed by atoms with Crippen molar-refractivity contribution in [1.82, 2.24) is 0 Å². The standard InChI is InChI=1S/C15H22O3/c1-11(2)18-13-7-5-12(6-8-13)9-10-15(3,4)14(16)17/h5-8,11H,9-10H2,1-4H3,(H,16,17). The molecule has 0 unspecified atom stereocenters. The van der Waals surface area contributed by atoms with Crippen LogP contribution < -0.4 is 4.74 Å². The van der Waals surface area contributed by atoms with Gasteiger partial charge in [0.1, 0.15) is 5.75 Å². The third kappa shape index (κ3) is 4.40. The van der Waals surface area contributed by atoms with Gasteiger partial charge in [0, 0.05) is 0 Å². The maximum Gasteiger partial charge on any atom is 0.309 e. The molecule has 0 saturated carbocycles. The van der Waals surface area contributed by atoms with Crippen LogP contribution in [0.4, 0.5) is 0 Å². The second-order valence-electron chi connectivity index (χ2n) is 5.50. The minimum absolute atomic E-state index is 0.168. The number of carboxylic acid groups (broad SMARTS) is 1. The number of carboxylic acids is 1. The lowest BCUT2D eigenvalue weighted by atomic mass is 9.86. The van der Waals surface area contributed by atoms with E-state index < -0.39 is 11.4 Å². The number of carbonyl (C=O) groups is 1. The summed E-state index contributed by atoms with van der Waals surface area (Å²) in [5.74, 6) is 0.105. The van der Waals surface area contributed by atoms with Crippen molar-refractivity contribution in [2.75, 3.05) is 0 Å². The fraction of sp³-hybridized carbons (Fsp3) is 0.533. The zero-order valence-corrected chi connectivity index (χ0v) is 11.6. The molecule has 0 spiro atoms. The molecular weight excluding hydrogens is 228 g/mol. The molecule has 0 amide bonds. The fourth-order valence-electron chi connectivity index (χ4n) is 1.57. The van der Waals surface area contributed by atoms with Gasteiger partial charge in [0.2, 0.25) is 0 Å². The van der Waals surface area contributed by atoms with E-state index in [0.717, 1.165) is 17.7 Å². The molecule has 1 aromatic rings. The number of ether oxygens (including phenoxy) is 1. The van der Waals surface area contributed by atoms with Crippen molar-refractivity contribution >= 4 is 5.97 Å². The molecule has 0 saturated heterocycles. The van der Waals surface area contributed by atoms with E-state index in [1.807, 2.05) is 38.1 Å². The van der Waals surface area contributed by atoms with Crippen LogP contribution in [-0.4, -0.2) is 17.2 Å². The molecule has 0 aliphatic rings. The normalized spacial score (nSPS) is 11.6. The number of benzene rings is 1.